The molecule has 0 spiro atoms. The van der Waals surface area contributed by atoms with Crippen molar-refractivity contribution in [1.82, 2.24) is 9.80 Å². The van der Waals surface area contributed by atoms with Crippen molar-refractivity contribution in [2.75, 3.05) is 39.3 Å². The van der Waals surface area contributed by atoms with Gasteiger partial charge in [0.1, 0.15) is 6.61 Å². The summed E-state index contributed by atoms with van der Waals surface area (Å²) >= 11 is 12.6. The molecule has 2 atom stereocenters. The summed E-state index contributed by atoms with van der Waals surface area (Å²) < 4.78 is 5.57. The first kappa shape index (κ1) is 28.4. The Morgan fingerprint density at radius 3 is 1.85 bits per heavy atom. The molecule has 1 saturated heterocycles. The average molecular weight is 528 g/mol. The number of rotatable bonds is 9. The van der Waals surface area contributed by atoms with Crippen LogP contribution in [0.15, 0.2) is 48.5 Å². The lowest BCUT2D eigenvalue weighted by Gasteiger charge is -2.36. The number of hydrogen-bond donors (Lipinski definition) is 0. The van der Waals surface area contributed by atoms with Crippen LogP contribution in [0.2, 0.25) is 10.0 Å². The number of amides is 1. The standard InChI is InChI=1S/C26H32Cl2N2O3.ClH/c1-3-19(21-9-5-7-11-23(21)27)25(31)30-15-13-29(14-16-30)17-18-33-26(32)20(4-2)22-10-6-8-12-24(22)28;/h5-12,19-20H,3-4,13-18H2,1-2H3;1H. The van der Waals surface area contributed by atoms with Crippen LogP contribution in [-0.4, -0.2) is 61.0 Å². The van der Waals surface area contributed by atoms with Gasteiger partial charge in [-0.2, -0.15) is 0 Å². The van der Waals surface area contributed by atoms with Gasteiger partial charge in [0.2, 0.25) is 5.91 Å². The Labute approximate surface area is 218 Å². The third-order valence-corrected chi connectivity index (χ3v) is 6.98. The average Bonchev–Trinajstić information content (AvgIpc) is 2.83. The molecule has 0 aromatic heterocycles. The third kappa shape index (κ3) is 7.11. The van der Waals surface area contributed by atoms with Gasteiger partial charge in [0.15, 0.2) is 0 Å². The van der Waals surface area contributed by atoms with E-state index in [1.165, 1.54) is 0 Å². The second-order valence-electron chi connectivity index (χ2n) is 8.30. The zero-order chi connectivity index (χ0) is 23.8. The van der Waals surface area contributed by atoms with E-state index in [4.69, 9.17) is 27.9 Å². The Morgan fingerprint density at radius 2 is 1.35 bits per heavy atom. The van der Waals surface area contributed by atoms with Gasteiger partial charge in [-0.15, -0.1) is 12.4 Å². The van der Waals surface area contributed by atoms with Gasteiger partial charge in [-0.25, -0.2) is 0 Å². The van der Waals surface area contributed by atoms with E-state index in [1.807, 2.05) is 61.2 Å². The van der Waals surface area contributed by atoms with E-state index in [1.54, 1.807) is 6.07 Å². The highest BCUT2D eigenvalue weighted by Gasteiger charge is 2.29. The van der Waals surface area contributed by atoms with Gasteiger partial charge in [0.05, 0.1) is 11.8 Å². The Balaban J connectivity index is 0.00000408. The molecule has 1 aliphatic rings. The SMILES string of the molecule is CCC(C(=O)OCCN1CCN(C(=O)C(CC)c2ccccc2Cl)CC1)c1ccccc1Cl.Cl. The van der Waals surface area contributed by atoms with E-state index in [-0.39, 0.29) is 36.1 Å². The van der Waals surface area contributed by atoms with E-state index in [0.717, 1.165) is 24.2 Å². The van der Waals surface area contributed by atoms with Gasteiger partial charge < -0.3 is 9.64 Å². The van der Waals surface area contributed by atoms with Gasteiger partial charge in [-0.1, -0.05) is 73.4 Å². The molecule has 3 rings (SSSR count). The number of halogens is 3. The highest BCUT2D eigenvalue weighted by Crippen LogP contribution is 2.29. The van der Waals surface area contributed by atoms with Crippen molar-refractivity contribution in [2.45, 2.75) is 38.5 Å². The van der Waals surface area contributed by atoms with Gasteiger partial charge in [0, 0.05) is 42.8 Å². The van der Waals surface area contributed by atoms with Crippen LogP contribution in [0.3, 0.4) is 0 Å². The van der Waals surface area contributed by atoms with Crippen molar-refractivity contribution >= 4 is 47.5 Å². The number of carbonyl (C=O) groups excluding carboxylic acids is 2. The van der Waals surface area contributed by atoms with Crippen molar-refractivity contribution in [3.05, 3.63) is 69.7 Å². The molecule has 5 nitrogen and oxygen atoms in total. The van der Waals surface area contributed by atoms with E-state index in [2.05, 4.69) is 4.90 Å². The molecule has 0 N–H and O–H groups in total. The second-order valence-corrected chi connectivity index (χ2v) is 9.11. The normalized spacial score (nSPS) is 15.8. The number of ether oxygens (including phenoxy) is 1. The maximum atomic E-state index is 13.1. The molecule has 2 unspecified atom stereocenters. The smallest absolute Gasteiger partial charge is 0.313 e. The van der Waals surface area contributed by atoms with Gasteiger partial charge in [0.25, 0.3) is 0 Å². The molecule has 1 fully saturated rings. The monoisotopic (exact) mass is 526 g/mol. The molecule has 2 aromatic carbocycles. The van der Waals surface area contributed by atoms with Crippen LogP contribution in [0.5, 0.6) is 0 Å². The zero-order valence-corrected chi connectivity index (χ0v) is 22.0. The second kappa shape index (κ2) is 13.9. The molecule has 34 heavy (non-hydrogen) atoms. The van der Waals surface area contributed by atoms with Crippen molar-refractivity contribution in [2.24, 2.45) is 0 Å². The number of piperazine rings is 1. The number of esters is 1. The van der Waals surface area contributed by atoms with Crippen LogP contribution in [0.4, 0.5) is 0 Å². The Bertz CT molecular complexity index is 946. The first-order valence-electron chi connectivity index (χ1n) is 11.6. The van der Waals surface area contributed by atoms with Crippen LogP contribution < -0.4 is 0 Å². The van der Waals surface area contributed by atoms with E-state index >= 15 is 0 Å². The van der Waals surface area contributed by atoms with Crippen molar-refractivity contribution in [1.29, 1.82) is 0 Å². The molecule has 0 saturated carbocycles. The minimum atomic E-state index is -0.357. The predicted molar refractivity (Wildman–Crippen MR) is 140 cm³/mol. The van der Waals surface area contributed by atoms with Gasteiger partial charge in [-0.05, 0) is 36.1 Å². The predicted octanol–water partition coefficient (Wildman–Crippen LogP) is 5.79. The Kier molecular flexibility index (Phi) is 11.7. The molecule has 186 valence electrons. The Morgan fingerprint density at radius 1 is 0.853 bits per heavy atom. The molecule has 1 amide bonds. The van der Waals surface area contributed by atoms with Crippen molar-refractivity contribution in [3.63, 3.8) is 0 Å². The van der Waals surface area contributed by atoms with Crippen molar-refractivity contribution < 1.29 is 14.3 Å². The summed E-state index contributed by atoms with van der Waals surface area (Å²) in [4.78, 5) is 29.9. The van der Waals surface area contributed by atoms with Gasteiger partial charge in [-0.3, -0.25) is 14.5 Å². The molecule has 0 aliphatic carbocycles. The van der Waals surface area contributed by atoms with Crippen molar-refractivity contribution in [3.8, 4) is 0 Å². The molecule has 1 aliphatic heterocycles. The number of nitrogens with zero attached hydrogens (tertiary/aromatic N) is 2. The first-order valence-corrected chi connectivity index (χ1v) is 12.4. The molecule has 2 aromatic rings. The zero-order valence-electron chi connectivity index (χ0n) is 19.7. The molecule has 1 heterocycles. The number of benzene rings is 2. The molecular weight excluding hydrogens is 495 g/mol. The summed E-state index contributed by atoms with van der Waals surface area (Å²) in [6, 6.07) is 15.0. The van der Waals surface area contributed by atoms with Crippen LogP contribution in [-0.2, 0) is 14.3 Å². The molecular formula is C26H33Cl3N2O3. The maximum Gasteiger partial charge on any atom is 0.313 e. The lowest BCUT2D eigenvalue weighted by molar-refractivity contribution is -0.146. The van der Waals surface area contributed by atoms with Crippen LogP contribution in [0.1, 0.15) is 49.7 Å². The lowest BCUT2D eigenvalue weighted by Crippen LogP contribution is -2.50. The molecule has 0 bridgehead atoms. The van der Waals surface area contributed by atoms with Crippen LogP contribution >= 0.6 is 35.6 Å². The minimum Gasteiger partial charge on any atom is -0.464 e. The third-order valence-electron chi connectivity index (χ3n) is 6.30. The Hall–Kier alpha value is -1.79. The topological polar surface area (TPSA) is 49.9 Å². The summed E-state index contributed by atoms with van der Waals surface area (Å²) in [6.07, 6.45) is 1.34. The fourth-order valence-corrected chi connectivity index (χ4v) is 4.88. The molecule has 8 heteroatoms. The summed E-state index contributed by atoms with van der Waals surface area (Å²) in [5, 5.41) is 1.23. The lowest BCUT2D eigenvalue weighted by atomic mass is 9.94. The van der Waals surface area contributed by atoms with E-state index in [9.17, 15) is 9.59 Å². The summed E-state index contributed by atoms with van der Waals surface area (Å²) in [5.41, 5.74) is 1.70. The maximum absolute atomic E-state index is 13.1. The summed E-state index contributed by atoms with van der Waals surface area (Å²) in [7, 11) is 0. The number of carbonyl (C=O) groups is 2. The molecule has 0 radical (unpaired) electrons. The fourth-order valence-electron chi connectivity index (χ4n) is 4.34. The quantitative estimate of drug-likeness (QED) is 0.387. The highest BCUT2D eigenvalue weighted by atomic mass is 35.5. The highest BCUT2D eigenvalue weighted by molar-refractivity contribution is 6.32. The first-order chi connectivity index (χ1) is 16.0. The minimum absolute atomic E-state index is 0. The van der Waals surface area contributed by atoms with E-state index < -0.39 is 0 Å². The van der Waals surface area contributed by atoms with Crippen LogP contribution in [0.25, 0.3) is 0 Å². The summed E-state index contributed by atoms with van der Waals surface area (Å²) in [5.74, 6) is -0.696. The fraction of sp³-hybridized carbons (Fsp3) is 0.462. The van der Waals surface area contributed by atoms with Gasteiger partial charge >= 0.3 is 5.97 Å². The number of hydrogen-bond acceptors (Lipinski definition) is 4. The summed E-state index contributed by atoms with van der Waals surface area (Å²) in [6.45, 7) is 7.77. The largest absolute Gasteiger partial charge is 0.464 e. The van der Waals surface area contributed by atoms with Crippen LogP contribution in [0, 0.1) is 0 Å². The van der Waals surface area contributed by atoms with E-state index in [0.29, 0.717) is 49.1 Å².